The number of piperidine rings is 2. The molecule has 2 aliphatic rings. The number of rotatable bonds is 13. The molecule has 9 heteroatoms. The van der Waals surface area contributed by atoms with E-state index in [9.17, 15) is 19.5 Å². The molecule has 2 heterocycles. The Balaban J connectivity index is 1.49. The van der Waals surface area contributed by atoms with E-state index in [0.717, 1.165) is 61.7 Å². The molecule has 2 amide bonds. The van der Waals surface area contributed by atoms with Crippen molar-refractivity contribution < 1.29 is 24.2 Å². The summed E-state index contributed by atoms with van der Waals surface area (Å²) in [6.45, 7) is 8.05. The normalized spacial score (nSPS) is 19.8. The molecule has 3 N–H and O–H groups in total. The number of hydrogen-bond donors (Lipinski definition) is 3. The summed E-state index contributed by atoms with van der Waals surface area (Å²) in [7, 11) is 0. The van der Waals surface area contributed by atoms with E-state index in [1.54, 1.807) is 0 Å². The van der Waals surface area contributed by atoms with Crippen LogP contribution >= 0.6 is 0 Å². The molecule has 1 radical (unpaired) electrons. The number of likely N-dealkylation sites (tertiary alicyclic amines) is 1. The van der Waals surface area contributed by atoms with E-state index >= 15 is 0 Å². The van der Waals surface area contributed by atoms with Crippen LogP contribution < -0.4 is 15.4 Å². The number of carbonyl (C=O) groups is 3. The Bertz CT molecular complexity index is 890. The van der Waals surface area contributed by atoms with Crippen LogP contribution in [0.2, 0.25) is 0 Å². The van der Waals surface area contributed by atoms with Gasteiger partial charge in [-0.05, 0) is 0 Å². The number of hydrogen-bond acceptors (Lipinski definition) is 5. The molecule has 0 spiro atoms. The van der Waals surface area contributed by atoms with Crippen molar-refractivity contribution in [2.45, 2.75) is 68.8 Å². The summed E-state index contributed by atoms with van der Waals surface area (Å²) in [5, 5.41) is 16.6. The first-order chi connectivity index (χ1) is 17.8. The number of carbonyl (C=O) groups excluding carboxylic acids is 2. The molecule has 0 bridgehead atoms. The summed E-state index contributed by atoms with van der Waals surface area (Å²) < 4.78 is 5.82. The predicted octanol–water partition coefficient (Wildman–Crippen LogP) is 2.86. The molecule has 205 valence electrons. The molecule has 1 aromatic rings. The maximum absolute atomic E-state index is 13.1. The average molecular weight is 577 g/mol. The molecule has 3 rings (SSSR count). The minimum absolute atomic E-state index is 0.0824. The molecule has 2 aliphatic heterocycles. The van der Waals surface area contributed by atoms with Crippen LogP contribution in [-0.2, 0) is 19.6 Å². The van der Waals surface area contributed by atoms with Crippen molar-refractivity contribution >= 4 is 33.5 Å². The fourth-order valence-electron chi connectivity index (χ4n) is 4.89. The Morgan fingerprint density at radius 1 is 1.22 bits per heavy atom. The topological polar surface area (TPSA) is 108 Å². The molecule has 2 saturated heterocycles. The Kier molecular flexibility index (Phi) is 12.3. The summed E-state index contributed by atoms with van der Waals surface area (Å²) in [4.78, 5) is 39.0. The second-order valence-electron chi connectivity index (χ2n) is 10.7. The second-order valence-corrected chi connectivity index (χ2v) is 13.5. The first-order valence-corrected chi connectivity index (χ1v) is 16.1. The van der Waals surface area contributed by atoms with E-state index in [1.807, 2.05) is 29.2 Å². The minimum atomic E-state index is -0.909. The number of nitrogens with one attached hydrogen (secondary N) is 2. The third-order valence-electron chi connectivity index (χ3n) is 7.02. The van der Waals surface area contributed by atoms with Gasteiger partial charge in [0.05, 0.1) is 0 Å². The molecule has 0 unspecified atom stereocenters. The first-order valence-electron chi connectivity index (χ1n) is 13.7. The first kappa shape index (κ1) is 29.5. The van der Waals surface area contributed by atoms with Crippen molar-refractivity contribution in [3.05, 3.63) is 29.8 Å². The number of carboxylic acids is 1. The van der Waals surface area contributed by atoms with Crippen LogP contribution in [0.4, 0.5) is 0 Å². The Labute approximate surface area is 228 Å². The Hall–Kier alpha value is -2.05. The van der Waals surface area contributed by atoms with Crippen LogP contribution in [0.15, 0.2) is 24.3 Å². The van der Waals surface area contributed by atoms with Gasteiger partial charge in [-0.1, -0.05) is 0 Å². The van der Waals surface area contributed by atoms with Crippen LogP contribution in [0.25, 0.3) is 0 Å². The van der Waals surface area contributed by atoms with Crippen LogP contribution in [0.5, 0.6) is 5.75 Å². The van der Waals surface area contributed by atoms with Gasteiger partial charge in [0.1, 0.15) is 0 Å². The van der Waals surface area contributed by atoms with Crippen molar-refractivity contribution in [1.82, 2.24) is 15.5 Å². The van der Waals surface area contributed by atoms with Gasteiger partial charge in [0.25, 0.3) is 0 Å². The number of ether oxygens (including phenoxy) is 1. The van der Waals surface area contributed by atoms with Gasteiger partial charge in [0.2, 0.25) is 0 Å². The fraction of sp³-hybridized carbons (Fsp3) is 0.679. The van der Waals surface area contributed by atoms with Gasteiger partial charge >= 0.3 is 223 Å². The second kappa shape index (κ2) is 15.4. The number of nitrogens with zero attached hydrogens (tertiary/aromatic N) is 1. The fourth-order valence-corrected chi connectivity index (χ4v) is 7.27. The zero-order chi connectivity index (χ0) is 26.6. The number of carboxylic acid groups (broad SMARTS) is 1. The summed E-state index contributed by atoms with van der Waals surface area (Å²) in [6, 6.07) is 7.91. The third-order valence-corrected chi connectivity index (χ3v) is 9.75. The van der Waals surface area contributed by atoms with Crippen LogP contribution in [0, 0.1) is 17.8 Å². The van der Waals surface area contributed by atoms with E-state index in [2.05, 4.69) is 24.5 Å². The molecule has 2 fully saturated rings. The van der Waals surface area contributed by atoms with Crippen molar-refractivity contribution in [2.24, 2.45) is 17.8 Å². The summed E-state index contributed by atoms with van der Waals surface area (Å²) in [5.41, 5.74) is 1.09. The van der Waals surface area contributed by atoms with Gasteiger partial charge in [-0.25, -0.2) is 0 Å². The summed E-state index contributed by atoms with van der Waals surface area (Å²) >= 11 is -0.465. The van der Waals surface area contributed by atoms with E-state index < -0.39 is 21.7 Å². The molecule has 37 heavy (non-hydrogen) atoms. The molecule has 1 aromatic carbocycles. The van der Waals surface area contributed by atoms with E-state index in [4.69, 9.17) is 4.74 Å². The van der Waals surface area contributed by atoms with E-state index in [0.29, 0.717) is 38.0 Å². The van der Waals surface area contributed by atoms with E-state index in [-0.39, 0.29) is 29.0 Å². The summed E-state index contributed by atoms with van der Waals surface area (Å²) in [6.07, 6.45) is 5.17. The van der Waals surface area contributed by atoms with Crippen LogP contribution in [-0.4, -0.2) is 81.2 Å². The molecule has 8 nitrogen and oxygen atoms in total. The molecule has 0 aromatic heterocycles. The number of amides is 2. The van der Waals surface area contributed by atoms with Gasteiger partial charge in [-0.2, -0.15) is 0 Å². The monoisotopic (exact) mass is 576 g/mol. The quantitative estimate of drug-likeness (QED) is 0.312. The standard InChI is InChI=1S/C28H43AsN3O5/c1-20(2)19-37-24-7-3-5-22(15-24)17-29-25(16-27(34)35)31-28(36)23-6-4-14-32(18-23)26(33)9-8-21-10-12-30-13-11-21/h3,5,7,15,20-21,23,25,30H,4,6,8-14,16-19H2,1-2H3,(H,31,36)(H,34,35)/t23-,25+/m1/s1. The van der Waals surface area contributed by atoms with E-state index in [1.165, 1.54) is 0 Å². The third kappa shape index (κ3) is 10.7. The number of aliphatic carboxylic acids is 1. The summed E-state index contributed by atoms with van der Waals surface area (Å²) in [5.74, 6) is 0.700. The predicted molar refractivity (Wildman–Crippen MR) is 145 cm³/mol. The average Bonchev–Trinajstić information content (AvgIpc) is 2.89. The van der Waals surface area contributed by atoms with Crippen molar-refractivity contribution in [3.8, 4) is 5.75 Å². The Morgan fingerprint density at radius 2 is 2.00 bits per heavy atom. The molecular formula is C28H43AsN3O5. The molecular weight excluding hydrogens is 533 g/mol. The van der Waals surface area contributed by atoms with Gasteiger partial charge in [0.15, 0.2) is 0 Å². The van der Waals surface area contributed by atoms with Crippen molar-refractivity contribution in [1.29, 1.82) is 0 Å². The zero-order valence-electron chi connectivity index (χ0n) is 22.3. The molecule has 0 aliphatic carbocycles. The van der Waals surface area contributed by atoms with Crippen LogP contribution in [0.3, 0.4) is 0 Å². The number of benzene rings is 1. The maximum atomic E-state index is 13.1. The molecule has 2 atom stereocenters. The van der Waals surface area contributed by atoms with Gasteiger partial charge < -0.3 is 5.32 Å². The van der Waals surface area contributed by atoms with Crippen LogP contribution in [0.1, 0.15) is 64.4 Å². The van der Waals surface area contributed by atoms with Crippen molar-refractivity contribution in [3.63, 3.8) is 0 Å². The zero-order valence-corrected chi connectivity index (χ0v) is 24.2. The van der Waals surface area contributed by atoms with Crippen molar-refractivity contribution in [2.75, 3.05) is 32.8 Å². The van der Waals surface area contributed by atoms with Gasteiger partial charge in [-0.3, -0.25) is 0 Å². The SMILES string of the molecule is CC(C)COc1cccc(C[As][C@H](CC(=O)O)NC(=O)[C@@H]2CCCN(C(=O)CCC3CCNCC3)C2)c1. The van der Waals surface area contributed by atoms with Gasteiger partial charge in [0, 0.05) is 0 Å². The molecule has 0 saturated carbocycles. The van der Waals surface area contributed by atoms with Gasteiger partial charge in [-0.15, -0.1) is 0 Å². The Morgan fingerprint density at radius 3 is 2.73 bits per heavy atom.